The molecule has 0 aliphatic carbocycles. The zero-order valence-electron chi connectivity index (χ0n) is 8.14. The van der Waals surface area contributed by atoms with Gasteiger partial charge in [-0.05, 0) is 24.5 Å². The van der Waals surface area contributed by atoms with Crippen molar-refractivity contribution in [3.05, 3.63) is 24.3 Å². The van der Waals surface area contributed by atoms with E-state index in [0.29, 0.717) is 5.88 Å². The van der Waals surface area contributed by atoms with E-state index >= 15 is 0 Å². The molecule has 2 rings (SSSR count). The zero-order chi connectivity index (χ0) is 10.8. The van der Waals surface area contributed by atoms with Gasteiger partial charge in [-0.15, -0.1) is 35.1 Å². The smallest absolute Gasteiger partial charge is 0.256 e. The van der Waals surface area contributed by atoms with Gasteiger partial charge in [0.1, 0.15) is 0 Å². The Morgan fingerprint density at radius 3 is 3.00 bits per heavy atom. The van der Waals surface area contributed by atoms with Crippen molar-refractivity contribution < 1.29 is 4.79 Å². The maximum atomic E-state index is 11.7. The Morgan fingerprint density at radius 1 is 1.60 bits per heavy atom. The standard InChI is InChI=1S/C10H10ClNOS2/c1-14-8-4-2-3-7(5-8)12-6-15-9(11)10(12)13/h2-5,9H,6H2,1H3. The van der Waals surface area contributed by atoms with Crippen LogP contribution < -0.4 is 4.90 Å². The summed E-state index contributed by atoms with van der Waals surface area (Å²) in [6.07, 6.45) is 2.02. The second-order valence-corrected chi connectivity index (χ2v) is 5.72. The summed E-state index contributed by atoms with van der Waals surface area (Å²) in [6.45, 7) is 0. The quantitative estimate of drug-likeness (QED) is 0.602. The molecule has 0 bridgehead atoms. The first-order chi connectivity index (χ1) is 7.22. The molecule has 1 fully saturated rings. The number of hydrogen-bond acceptors (Lipinski definition) is 3. The van der Waals surface area contributed by atoms with Crippen molar-refractivity contribution >= 4 is 46.7 Å². The van der Waals surface area contributed by atoms with Gasteiger partial charge in [0, 0.05) is 10.6 Å². The number of carbonyl (C=O) groups is 1. The van der Waals surface area contributed by atoms with Crippen molar-refractivity contribution in [1.29, 1.82) is 0 Å². The highest BCUT2D eigenvalue weighted by molar-refractivity contribution is 8.02. The van der Waals surface area contributed by atoms with Crippen LogP contribution in [0.4, 0.5) is 5.69 Å². The lowest BCUT2D eigenvalue weighted by atomic mass is 10.3. The van der Waals surface area contributed by atoms with Crippen LogP contribution in [-0.4, -0.2) is 22.7 Å². The van der Waals surface area contributed by atoms with E-state index in [1.54, 1.807) is 16.7 Å². The molecule has 15 heavy (non-hydrogen) atoms. The maximum Gasteiger partial charge on any atom is 0.256 e. The zero-order valence-corrected chi connectivity index (χ0v) is 10.5. The molecule has 1 heterocycles. The Labute approximate surface area is 102 Å². The molecule has 0 N–H and O–H groups in total. The average Bonchev–Trinajstić information content (AvgIpc) is 2.60. The predicted octanol–water partition coefficient (Wildman–Crippen LogP) is 3.01. The molecule has 1 aliphatic heterocycles. The SMILES string of the molecule is CSc1cccc(N2CSC(Cl)C2=O)c1. The monoisotopic (exact) mass is 259 g/mol. The molecule has 80 valence electrons. The molecule has 0 spiro atoms. The molecule has 1 unspecified atom stereocenters. The van der Waals surface area contributed by atoms with E-state index in [-0.39, 0.29) is 5.91 Å². The van der Waals surface area contributed by atoms with Crippen LogP contribution in [-0.2, 0) is 4.79 Å². The van der Waals surface area contributed by atoms with Crippen LogP contribution >= 0.6 is 35.1 Å². The number of halogens is 1. The molecule has 5 heteroatoms. The lowest BCUT2D eigenvalue weighted by molar-refractivity contribution is -0.116. The summed E-state index contributed by atoms with van der Waals surface area (Å²) in [5, 5.41) is 0. The van der Waals surface area contributed by atoms with Gasteiger partial charge >= 0.3 is 0 Å². The van der Waals surface area contributed by atoms with Crippen LogP contribution in [0, 0.1) is 0 Å². The highest BCUT2D eigenvalue weighted by Gasteiger charge is 2.31. The normalized spacial score (nSPS) is 21.1. The Hall–Kier alpha value is -0.320. The minimum Gasteiger partial charge on any atom is -0.301 e. The fourth-order valence-corrected chi connectivity index (χ4v) is 2.94. The second kappa shape index (κ2) is 4.68. The molecule has 2 nitrogen and oxygen atoms in total. The first-order valence-corrected chi connectivity index (χ1v) is 7.14. The molecule has 1 amide bonds. The van der Waals surface area contributed by atoms with E-state index in [9.17, 15) is 4.79 Å². The van der Waals surface area contributed by atoms with Crippen molar-refractivity contribution in [1.82, 2.24) is 0 Å². The van der Waals surface area contributed by atoms with Gasteiger partial charge in [0.05, 0.1) is 5.88 Å². The topological polar surface area (TPSA) is 20.3 Å². The lowest BCUT2D eigenvalue weighted by Crippen LogP contribution is -2.27. The van der Waals surface area contributed by atoms with Crippen LogP contribution in [0.15, 0.2) is 29.2 Å². The van der Waals surface area contributed by atoms with E-state index in [1.165, 1.54) is 11.8 Å². The van der Waals surface area contributed by atoms with Crippen molar-refractivity contribution in [2.24, 2.45) is 0 Å². The summed E-state index contributed by atoms with van der Waals surface area (Å²) in [7, 11) is 0. The number of benzene rings is 1. The third-order valence-corrected chi connectivity index (χ3v) is 4.37. The average molecular weight is 260 g/mol. The minimum absolute atomic E-state index is 0.0140. The molecule has 1 atom stereocenters. The van der Waals surface area contributed by atoms with E-state index < -0.39 is 4.71 Å². The predicted molar refractivity (Wildman–Crippen MR) is 67.8 cm³/mol. The van der Waals surface area contributed by atoms with Crippen molar-refractivity contribution in [2.45, 2.75) is 9.60 Å². The summed E-state index contributed by atoms with van der Waals surface area (Å²) in [5.74, 6) is 0.630. The maximum absolute atomic E-state index is 11.7. The van der Waals surface area contributed by atoms with Gasteiger partial charge in [0.25, 0.3) is 5.91 Å². The van der Waals surface area contributed by atoms with Gasteiger partial charge in [-0.2, -0.15) is 0 Å². The summed E-state index contributed by atoms with van der Waals surface area (Å²) in [5.41, 5.74) is 0.933. The van der Waals surface area contributed by atoms with Crippen LogP contribution in [0.2, 0.25) is 0 Å². The van der Waals surface area contributed by atoms with E-state index in [1.807, 2.05) is 30.5 Å². The van der Waals surface area contributed by atoms with E-state index in [4.69, 9.17) is 11.6 Å². The minimum atomic E-state index is -0.428. The largest absolute Gasteiger partial charge is 0.301 e. The number of alkyl halides is 1. The van der Waals surface area contributed by atoms with Crippen LogP contribution in [0.5, 0.6) is 0 Å². The number of rotatable bonds is 2. The summed E-state index contributed by atoms with van der Waals surface area (Å²) in [6, 6.07) is 7.94. The van der Waals surface area contributed by atoms with Gasteiger partial charge in [0.15, 0.2) is 4.71 Å². The van der Waals surface area contributed by atoms with E-state index in [0.717, 1.165) is 10.6 Å². The molecule has 1 saturated heterocycles. The van der Waals surface area contributed by atoms with Crippen molar-refractivity contribution in [3.63, 3.8) is 0 Å². The Bertz CT molecular complexity index is 385. The van der Waals surface area contributed by atoms with Crippen LogP contribution in [0.1, 0.15) is 0 Å². The molecule has 0 aromatic heterocycles. The number of amides is 1. The Morgan fingerprint density at radius 2 is 2.40 bits per heavy atom. The van der Waals surface area contributed by atoms with Gasteiger partial charge in [-0.25, -0.2) is 0 Å². The third kappa shape index (κ3) is 2.27. The number of thioether (sulfide) groups is 2. The number of carbonyl (C=O) groups excluding carboxylic acids is 1. The van der Waals surface area contributed by atoms with Crippen LogP contribution in [0.25, 0.3) is 0 Å². The van der Waals surface area contributed by atoms with Crippen molar-refractivity contribution in [2.75, 3.05) is 17.0 Å². The molecule has 0 saturated carbocycles. The highest BCUT2D eigenvalue weighted by Crippen LogP contribution is 2.32. The fraction of sp³-hybridized carbons (Fsp3) is 0.300. The van der Waals surface area contributed by atoms with Crippen LogP contribution in [0.3, 0.4) is 0 Å². The highest BCUT2D eigenvalue weighted by atomic mass is 35.5. The first-order valence-electron chi connectivity index (χ1n) is 4.43. The Balaban J connectivity index is 2.26. The number of nitrogens with zero attached hydrogens (tertiary/aromatic N) is 1. The molecular weight excluding hydrogens is 250 g/mol. The number of hydrogen-bond donors (Lipinski definition) is 0. The van der Waals surface area contributed by atoms with Gasteiger partial charge in [-0.3, -0.25) is 4.79 Å². The van der Waals surface area contributed by atoms with Gasteiger partial charge in [-0.1, -0.05) is 6.07 Å². The Kier molecular flexibility index (Phi) is 3.49. The fourth-order valence-electron chi connectivity index (χ4n) is 1.38. The molecule has 1 aromatic rings. The van der Waals surface area contributed by atoms with Gasteiger partial charge in [0.2, 0.25) is 0 Å². The molecule has 1 aliphatic rings. The molecule has 0 radical (unpaired) electrons. The summed E-state index contributed by atoms with van der Waals surface area (Å²) in [4.78, 5) is 14.6. The van der Waals surface area contributed by atoms with Gasteiger partial charge < -0.3 is 4.90 Å². The number of anilines is 1. The lowest BCUT2D eigenvalue weighted by Gasteiger charge is -2.15. The third-order valence-electron chi connectivity index (χ3n) is 2.18. The molecular formula is C10H10ClNOS2. The molecule has 1 aromatic carbocycles. The second-order valence-electron chi connectivity index (χ2n) is 3.08. The first kappa shape index (κ1) is 11.2. The summed E-state index contributed by atoms with van der Waals surface area (Å²) >= 11 is 8.97. The summed E-state index contributed by atoms with van der Waals surface area (Å²) < 4.78 is -0.428. The van der Waals surface area contributed by atoms with E-state index in [2.05, 4.69) is 0 Å². The van der Waals surface area contributed by atoms with Crippen molar-refractivity contribution in [3.8, 4) is 0 Å².